The Bertz CT molecular complexity index is 1510. The molecule has 0 aliphatic heterocycles. The fourth-order valence-corrected chi connectivity index (χ4v) is 4.09. The van der Waals surface area contributed by atoms with Crippen LogP contribution in [-0.4, -0.2) is 25.1 Å². The molecular formula is C25H18F3N7OS. The smallest absolute Gasteiger partial charge is 0.416 e. The van der Waals surface area contributed by atoms with E-state index in [2.05, 4.69) is 30.5 Å². The number of alkyl halides is 3. The molecule has 2 aromatic carbocycles. The Labute approximate surface area is 213 Å². The fourth-order valence-electron chi connectivity index (χ4n) is 3.29. The van der Waals surface area contributed by atoms with E-state index >= 15 is 0 Å². The quantitative estimate of drug-likeness (QED) is 0.221. The number of H-pyrrole nitrogens is 1. The minimum absolute atomic E-state index is 0.139. The Morgan fingerprint density at radius 3 is 2.46 bits per heavy atom. The average Bonchev–Trinajstić information content (AvgIpc) is 3.33. The number of halogens is 3. The number of benzene rings is 2. The molecular weight excluding hydrogens is 503 g/mol. The largest absolute Gasteiger partial charge is 0.457 e. The number of aromatic nitrogens is 5. The lowest BCUT2D eigenvalue weighted by molar-refractivity contribution is -0.137. The van der Waals surface area contributed by atoms with Crippen LogP contribution in [0.4, 0.5) is 30.6 Å². The van der Waals surface area contributed by atoms with Crippen molar-refractivity contribution < 1.29 is 17.9 Å². The molecule has 8 nitrogen and oxygen atoms in total. The molecule has 0 saturated carbocycles. The topological polar surface area (TPSA) is 115 Å². The van der Waals surface area contributed by atoms with Crippen LogP contribution in [0.3, 0.4) is 0 Å². The molecule has 0 amide bonds. The monoisotopic (exact) mass is 521 g/mol. The van der Waals surface area contributed by atoms with Gasteiger partial charge in [0.1, 0.15) is 27.4 Å². The van der Waals surface area contributed by atoms with Crippen molar-refractivity contribution in [2.24, 2.45) is 0 Å². The number of pyridine rings is 2. The first-order valence-corrected chi connectivity index (χ1v) is 11.6. The highest BCUT2D eigenvalue weighted by molar-refractivity contribution is 7.99. The van der Waals surface area contributed by atoms with Crippen LogP contribution < -0.4 is 15.8 Å². The van der Waals surface area contributed by atoms with Gasteiger partial charge in [-0.3, -0.25) is 5.10 Å². The zero-order valence-corrected chi connectivity index (χ0v) is 19.7. The van der Waals surface area contributed by atoms with Gasteiger partial charge in [0.25, 0.3) is 0 Å². The number of hydrogen-bond acceptors (Lipinski definition) is 8. The molecule has 3 aromatic heterocycles. The summed E-state index contributed by atoms with van der Waals surface area (Å²) in [7, 11) is 0. The number of rotatable bonds is 7. The minimum Gasteiger partial charge on any atom is -0.457 e. The van der Waals surface area contributed by atoms with E-state index < -0.39 is 11.7 Å². The van der Waals surface area contributed by atoms with Crippen molar-refractivity contribution in [1.29, 1.82) is 0 Å². The summed E-state index contributed by atoms with van der Waals surface area (Å²) in [6, 6.07) is 20.9. The molecule has 186 valence electrons. The van der Waals surface area contributed by atoms with Gasteiger partial charge in [0.05, 0.1) is 5.56 Å². The lowest BCUT2D eigenvalue weighted by Gasteiger charge is -2.09. The van der Waals surface area contributed by atoms with Crippen molar-refractivity contribution in [3.05, 3.63) is 90.6 Å². The van der Waals surface area contributed by atoms with Crippen LogP contribution in [0.25, 0.3) is 11.4 Å². The minimum atomic E-state index is -4.44. The van der Waals surface area contributed by atoms with E-state index in [-0.39, 0.29) is 11.6 Å². The maximum absolute atomic E-state index is 12.9. The van der Waals surface area contributed by atoms with Crippen LogP contribution in [0.2, 0.25) is 0 Å². The zero-order chi connectivity index (χ0) is 25.8. The Hall–Kier alpha value is -4.58. The van der Waals surface area contributed by atoms with Gasteiger partial charge in [0.15, 0.2) is 5.82 Å². The Morgan fingerprint density at radius 1 is 0.865 bits per heavy atom. The summed E-state index contributed by atoms with van der Waals surface area (Å²) < 4.78 is 44.8. The Kier molecular flexibility index (Phi) is 6.64. The van der Waals surface area contributed by atoms with E-state index in [0.717, 1.165) is 17.2 Å². The van der Waals surface area contributed by atoms with E-state index in [1.807, 2.05) is 18.2 Å². The number of nitrogens with one attached hydrogen (secondary N) is 2. The van der Waals surface area contributed by atoms with Gasteiger partial charge in [-0.1, -0.05) is 12.1 Å². The predicted molar refractivity (Wildman–Crippen MR) is 134 cm³/mol. The Morgan fingerprint density at radius 2 is 1.70 bits per heavy atom. The molecule has 0 atom stereocenters. The number of ether oxygens (including phenoxy) is 1. The summed E-state index contributed by atoms with van der Waals surface area (Å²) in [6.45, 7) is 0. The summed E-state index contributed by atoms with van der Waals surface area (Å²) in [6.07, 6.45) is -2.74. The van der Waals surface area contributed by atoms with Crippen LogP contribution >= 0.6 is 11.8 Å². The number of aromatic amines is 1. The SMILES string of the molecule is Nc1cc(Oc2ccc(-c3nc(Nc4cccc(C(F)(F)F)c4)n[nH]3)cc2)cc(Sc2ccccn2)n1. The highest BCUT2D eigenvalue weighted by Gasteiger charge is 2.30. The maximum atomic E-state index is 12.9. The van der Waals surface area contributed by atoms with Crippen molar-refractivity contribution in [2.45, 2.75) is 16.2 Å². The van der Waals surface area contributed by atoms with Gasteiger partial charge in [-0.05, 0) is 66.4 Å². The summed E-state index contributed by atoms with van der Waals surface area (Å²) in [5.74, 6) is 1.97. The highest BCUT2D eigenvalue weighted by atomic mass is 32.2. The van der Waals surface area contributed by atoms with Gasteiger partial charge in [-0.2, -0.15) is 18.2 Å². The highest BCUT2D eigenvalue weighted by Crippen LogP contribution is 2.33. The van der Waals surface area contributed by atoms with Crippen LogP contribution in [0.15, 0.2) is 95.1 Å². The number of nitrogens with two attached hydrogens (primary N) is 1. The molecule has 0 unspecified atom stereocenters. The average molecular weight is 522 g/mol. The van der Waals surface area contributed by atoms with Crippen LogP contribution in [0.5, 0.6) is 11.5 Å². The summed E-state index contributed by atoms with van der Waals surface area (Å²) in [4.78, 5) is 12.9. The zero-order valence-electron chi connectivity index (χ0n) is 18.9. The summed E-state index contributed by atoms with van der Waals surface area (Å²) in [5.41, 5.74) is 6.12. The fraction of sp³-hybridized carbons (Fsp3) is 0.0400. The summed E-state index contributed by atoms with van der Waals surface area (Å²) >= 11 is 1.37. The second-order valence-electron chi connectivity index (χ2n) is 7.67. The number of nitrogens with zero attached hydrogens (tertiary/aromatic N) is 4. The molecule has 5 rings (SSSR count). The molecule has 3 heterocycles. The van der Waals surface area contributed by atoms with Crippen LogP contribution in [0, 0.1) is 0 Å². The predicted octanol–water partition coefficient (Wildman–Crippen LogP) is 6.55. The lowest BCUT2D eigenvalue weighted by atomic mass is 10.2. The molecule has 4 N–H and O–H groups in total. The van der Waals surface area contributed by atoms with E-state index in [9.17, 15) is 13.2 Å². The van der Waals surface area contributed by atoms with Gasteiger partial charge < -0.3 is 15.8 Å². The van der Waals surface area contributed by atoms with E-state index in [4.69, 9.17) is 10.5 Å². The standard InChI is InChI=1S/C25H18F3N7OS/c26-25(27,28)16-4-3-5-17(12-16)31-24-33-23(34-35-24)15-7-9-18(10-8-15)36-19-13-20(29)32-22(14-19)37-21-6-1-2-11-30-21/h1-14H,(H2,29,32)(H2,31,33,34,35). The molecule has 0 saturated heterocycles. The summed E-state index contributed by atoms with van der Waals surface area (Å²) in [5, 5.41) is 11.0. The first-order chi connectivity index (χ1) is 17.8. The molecule has 0 spiro atoms. The van der Waals surface area contributed by atoms with Crippen molar-refractivity contribution >= 4 is 29.2 Å². The molecule has 12 heteroatoms. The molecule has 5 aromatic rings. The maximum Gasteiger partial charge on any atom is 0.416 e. The molecule has 0 aliphatic rings. The molecule has 0 bridgehead atoms. The third kappa shape index (κ3) is 6.16. The normalized spacial score (nSPS) is 11.3. The first-order valence-electron chi connectivity index (χ1n) is 10.8. The molecule has 0 aliphatic carbocycles. The van der Waals surface area contributed by atoms with Crippen molar-refractivity contribution in [2.75, 3.05) is 11.1 Å². The number of hydrogen-bond donors (Lipinski definition) is 3. The van der Waals surface area contributed by atoms with Crippen molar-refractivity contribution in [1.82, 2.24) is 25.1 Å². The second-order valence-corrected chi connectivity index (χ2v) is 8.71. The first kappa shape index (κ1) is 24.1. The van der Waals surface area contributed by atoms with Gasteiger partial charge in [-0.25, -0.2) is 9.97 Å². The van der Waals surface area contributed by atoms with Gasteiger partial charge in [0, 0.05) is 29.6 Å². The third-order valence-electron chi connectivity index (χ3n) is 4.94. The van der Waals surface area contributed by atoms with E-state index in [1.165, 1.54) is 23.9 Å². The van der Waals surface area contributed by atoms with E-state index in [1.54, 1.807) is 42.6 Å². The van der Waals surface area contributed by atoms with Gasteiger partial charge >= 0.3 is 6.18 Å². The molecule has 37 heavy (non-hydrogen) atoms. The third-order valence-corrected chi connectivity index (χ3v) is 5.81. The second kappa shape index (κ2) is 10.2. The number of anilines is 3. The van der Waals surface area contributed by atoms with Crippen molar-refractivity contribution in [3.63, 3.8) is 0 Å². The lowest BCUT2D eigenvalue weighted by Crippen LogP contribution is -2.05. The van der Waals surface area contributed by atoms with E-state index in [0.29, 0.717) is 33.7 Å². The van der Waals surface area contributed by atoms with Gasteiger partial charge in [0.2, 0.25) is 5.95 Å². The molecule has 0 fully saturated rings. The van der Waals surface area contributed by atoms with Crippen LogP contribution in [0.1, 0.15) is 5.56 Å². The Balaban J connectivity index is 1.26. The number of nitrogen functional groups attached to an aromatic ring is 1. The molecule has 0 radical (unpaired) electrons. The van der Waals surface area contributed by atoms with Crippen molar-refractivity contribution in [3.8, 4) is 22.9 Å². The van der Waals surface area contributed by atoms with Crippen LogP contribution in [-0.2, 0) is 6.18 Å². The van der Waals surface area contributed by atoms with Gasteiger partial charge in [-0.15, -0.1) is 5.10 Å².